The van der Waals surface area contributed by atoms with E-state index in [0.29, 0.717) is 11.7 Å². The number of carbonyl (C=O) groups is 2. The lowest BCUT2D eigenvalue weighted by atomic mass is 10.00. The molecule has 0 radical (unpaired) electrons. The maximum Gasteiger partial charge on any atom is 0.315 e. The van der Waals surface area contributed by atoms with E-state index in [2.05, 4.69) is 29.4 Å². The first kappa shape index (κ1) is 16.9. The highest BCUT2D eigenvalue weighted by atomic mass is 32.1. The highest BCUT2D eigenvalue weighted by Crippen LogP contribution is 2.21. The van der Waals surface area contributed by atoms with Gasteiger partial charge in [0, 0.05) is 19.0 Å². The summed E-state index contributed by atoms with van der Waals surface area (Å²) in [6.45, 7) is 4.84. The molecule has 2 rings (SSSR count). The van der Waals surface area contributed by atoms with Crippen LogP contribution in [0.15, 0.2) is 0 Å². The zero-order chi connectivity index (χ0) is 15.9. The lowest BCUT2D eigenvalue weighted by Crippen LogP contribution is -2.48. The summed E-state index contributed by atoms with van der Waals surface area (Å²) in [6, 6.07) is 0.182. The minimum Gasteiger partial charge on any atom is -0.331 e. The van der Waals surface area contributed by atoms with Crippen molar-refractivity contribution < 1.29 is 9.59 Å². The first-order chi connectivity index (χ1) is 10.7. The first-order valence-corrected chi connectivity index (χ1v) is 8.91. The molecule has 1 aliphatic rings. The van der Waals surface area contributed by atoms with Crippen molar-refractivity contribution in [2.24, 2.45) is 0 Å². The van der Waals surface area contributed by atoms with Gasteiger partial charge in [0.2, 0.25) is 5.13 Å². The second kappa shape index (κ2) is 8.22. The average Bonchev–Trinajstić information content (AvgIpc) is 2.99. The molecule has 1 aliphatic heterocycles. The number of nitrogens with one attached hydrogen (secondary N) is 1. The third kappa shape index (κ3) is 4.25. The molecule has 1 aromatic heterocycles. The molecule has 0 bridgehead atoms. The highest BCUT2D eigenvalue weighted by molar-refractivity contribution is 7.15. The van der Waals surface area contributed by atoms with Crippen LogP contribution in [0.25, 0.3) is 0 Å². The SMILES string of the molecule is CCCCc1nnc(NC(=O)C(=O)N2CCCC[C@@H]2CC)s1. The van der Waals surface area contributed by atoms with Gasteiger partial charge in [-0.1, -0.05) is 31.6 Å². The molecule has 0 unspecified atom stereocenters. The van der Waals surface area contributed by atoms with Crippen molar-refractivity contribution in [2.45, 2.75) is 64.8 Å². The first-order valence-electron chi connectivity index (χ1n) is 8.10. The molecule has 0 saturated carbocycles. The van der Waals surface area contributed by atoms with Gasteiger partial charge in [-0.3, -0.25) is 14.9 Å². The van der Waals surface area contributed by atoms with Gasteiger partial charge in [-0.15, -0.1) is 10.2 Å². The fraction of sp³-hybridized carbons (Fsp3) is 0.733. The van der Waals surface area contributed by atoms with Crippen molar-refractivity contribution in [1.29, 1.82) is 0 Å². The van der Waals surface area contributed by atoms with E-state index < -0.39 is 11.8 Å². The molecule has 0 aliphatic carbocycles. The third-order valence-electron chi connectivity index (χ3n) is 3.98. The second-order valence-corrected chi connectivity index (χ2v) is 6.68. The Morgan fingerprint density at radius 1 is 1.32 bits per heavy atom. The monoisotopic (exact) mass is 324 g/mol. The van der Waals surface area contributed by atoms with Gasteiger partial charge in [-0.05, 0) is 32.1 Å². The van der Waals surface area contributed by atoms with E-state index in [-0.39, 0.29) is 6.04 Å². The van der Waals surface area contributed by atoms with Crippen LogP contribution in [-0.2, 0) is 16.0 Å². The van der Waals surface area contributed by atoms with Gasteiger partial charge in [0.1, 0.15) is 5.01 Å². The fourth-order valence-corrected chi connectivity index (χ4v) is 3.48. The van der Waals surface area contributed by atoms with Crippen LogP contribution < -0.4 is 5.32 Å². The molecule has 6 nitrogen and oxygen atoms in total. The number of hydrogen-bond acceptors (Lipinski definition) is 5. The van der Waals surface area contributed by atoms with Gasteiger partial charge in [-0.25, -0.2) is 0 Å². The zero-order valence-electron chi connectivity index (χ0n) is 13.3. The van der Waals surface area contributed by atoms with Crippen LogP contribution in [0, 0.1) is 0 Å². The number of nitrogens with zero attached hydrogens (tertiary/aromatic N) is 3. The maximum absolute atomic E-state index is 12.3. The second-order valence-electron chi connectivity index (χ2n) is 5.62. The van der Waals surface area contributed by atoms with Gasteiger partial charge in [0.25, 0.3) is 0 Å². The molecule has 1 fully saturated rings. The minimum atomic E-state index is -0.599. The van der Waals surface area contributed by atoms with E-state index in [0.717, 1.165) is 50.0 Å². The number of aromatic nitrogens is 2. The Balaban J connectivity index is 1.93. The molecule has 1 saturated heterocycles. The van der Waals surface area contributed by atoms with E-state index in [9.17, 15) is 9.59 Å². The molecule has 0 aromatic carbocycles. The molecule has 22 heavy (non-hydrogen) atoms. The highest BCUT2D eigenvalue weighted by Gasteiger charge is 2.30. The van der Waals surface area contributed by atoms with Crippen molar-refractivity contribution in [3.8, 4) is 0 Å². The molecule has 2 heterocycles. The summed E-state index contributed by atoms with van der Waals surface area (Å²) in [7, 11) is 0. The summed E-state index contributed by atoms with van der Waals surface area (Å²) in [5.74, 6) is -1.05. The molecule has 0 spiro atoms. The van der Waals surface area contributed by atoms with E-state index in [1.165, 1.54) is 11.3 Å². The standard InChI is InChI=1S/C15H24N4O2S/c1-3-5-9-12-17-18-15(22-12)16-13(20)14(21)19-10-7-6-8-11(19)4-2/h11H,3-10H2,1-2H3,(H,16,18,20)/t11-/m0/s1. The number of piperidine rings is 1. The van der Waals surface area contributed by atoms with Crippen molar-refractivity contribution in [2.75, 3.05) is 11.9 Å². The van der Waals surface area contributed by atoms with Crippen LogP contribution in [-0.4, -0.2) is 39.5 Å². The summed E-state index contributed by atoms with van der Waals surface area (Å²) in [4.78, 5) is 26.2. The summed E-state index contributed by atoms with van der Waals surface area (Å²) >= 11 is 1.35. The van der Waals surface area contributed by atoms with Crippen LogP contribution in [0.5, 0.6) is 0 Å². The topological polar surface area (TPSA) is 75.2 Å². The number of likely N-dealkylation sites (tertiary alicyclic amines) is 1. The smallest absolute Gasteiger partial charge is 0.315 e. The van der Waals surface area contributed by atoms with Crippen molar-refractivity contribution >= 4 is 28.3 Å². The lowest BCUT2D eigenvalue weighted by molar-refractivity contribution is -0.145. The van der Waals surface area contributed by atoms with Gasteiger partial charge in [0.05, 0.1) is 0 Å². The van der Waals surface area contributed by atoms with Crippen molar-refractivity contribution in [3.63, 3.8) is 0 Å². The summed E-state index contributed by atoms with van der Waals surface area (Å²) < 4.78 is 0. The third-order valence-corrected chi connectivity index (χ3v) is 4.88. The van der Waals surface area contributed by atoms with Crippen LogP contribution in [0.3, 0.4) is 0 Å². The Morgan fingerprint density at radius 3 is 2.86 bits per heavy atom. The quantitative estimate of drug-likeness (QED) is 0.845. The molecule has 7 heteroatoms. The predicted octanol–water partition coefficient (Wildman–Crippen LogP) is 2.61. The molecule has 1 atom stereocenters. The largest absolute Gasteiger partial charge is 0.331 e. The minimum absolute atomic E-state index is 0.182. The summed E-state index contributed by atoms with van der Waals surface area (Å²) in [6.07, 6.45) is 6.97. The van der Waals surface area contributed by atoms with Gasteiger partial charge in [0.15, 0.2) is 0 Å². The molecule has 1 N–H and O–H groups in total. The Hall–Kier alpha value is -1.50. The Labute approximate surface area is 135 Å². The average molecular weight is 324 g/mol. The fourth-order valence-electron chi connectivity index (χ4n) is 2.71. The molecule has 1 aromatic rings. The molecular weight excluding hydrogens is 300 g/mol. The zero-order valence-corrected chi connectivity index (χ0v) is 14.1. The number of hydrogen-bond donors (Lipinski definition) is 1. The van der Waals surface area contributed by atoms with Gasteiger partial charge >= 0.3 is 11.8 Å². The Morgan fingerprint density at radius 2 is 2.14 bits per heavy atom. The van der Waals surface area contributed by atoms with Gasteiger partial charge < -0.3 is 4.90 Å². The number of rotatable bonds is 5. The Bertz CT molecular complexity index is 517. The number of carbonyl (C=O) groups excluding carboxylic acids is 2. The van der Waals surface area contributed by atoms with E-state index >= 15 is 0 Å². The summed E-state index contributed by atoms with van der Waals surface area (Å²) in [5, 5.41) is 11.9. The number of unbranched alkanes of at least 4 members (excludes halogenated alkanes) is 1. The molecule has 2 amide bonds. The van der Waals surface area contributed by atoms with Crippen molar-refractivity contribution in [3.05, 3.63) is 5.01 Å². The number of anilines is 1. The van der Waals surface area contributed by atoms with E-state index in [1.807, 2.05) is 0 Å². The van der Waals surface area contributed by atoms with E-state index in [1.54, 1.807) is 4.90 Å². The normalized spacial score (nSPS) is 18.3. The van der Waals surface area contributed by atoms with E-state index in [4.69, 9.17) is 0 Å². The van der Waals surface area contributed by atoms with Crippen LogP contribution in [0.4, 0.5) is 5.13 Å². The lowest BCUT2D eigenvalue weighted by Gasteiger charge is -2.34. The van der Waals surface area contributed by atoms with Crippen LogP contribution in [0.2, 0.25) is 0 Å². The molecule has 122 valence electrons. The number of aryl methyl sites for hydroxylation is 1. The van der Waals surface area contributed by atoms with Crippen LogP contribution in [0.1, 0.15) is 57.4 Å². The molecular formula is C15H24N4O2S. The summed E-state index contributed by atoms with van der Waals surface area (Å²) in [5.41, 5.74) is 0. The van der Waals surface area contributed by atoms with Crippen molar-refractivity contribution in [1.82, 2.24) is 15.1 Å². The maximum atomic E-state index is 12.3. The Kier molecular flexibility index (Phi) is 6.30. The van der Waals surface area contributed by atoms with Gasteiger partial charge in [-0.2, -0.15) is 0 Å². The number of amides is 2. The predicted molar refractivity (Wildman–Crippen MR) is 86.8 cm³/mol. The van der Waals surface area contributed by atoms with Crippen LogP contribution >= 0.6 is 11.3 Å².